The van der Waals surface area contributed by atoms with Gasteiger partial charge < -0.3 is 33.8 Å². The maximum Gasteiger partial charge on any atom is 0.472 e. The summed E-state index contributed by atoms with van der Waals surface area (Å²) in [5.74, 6) is -2.33. The van der Waals surface area contributed by atoms with Crippen LogP contribution in [0.3, 0.4) is 0 Å². The van der Waals surface area contributed by atoms with Crippen molar-refractivity contribution in [2.24, 2.45) is 0 Å². The molecule has 17 nitrogen and oxygen atoms in total. The summed E-state index contributed by atoms with van der Waals surface area (Å²) in [7, 11) is -9.98. The normalized spacial score (nSPS) is 14.9. The number of phosphoric acid groups is 2. The van der Waals surface area contributed by atoms with Crippen molar-refractivity contribution in [1.82, 2.24) is 0 Å². The topological polar surface area (TPSA) is 237 Å². The Kier molecular flexibility index (Phi) is 64.9. The van der Waals surface area contributed by atoms with Gasteiger partial charge in [0.05, 0.1) is 26.4 Å². The molecule has 0 aromatic heterocycles. The summed E-state index contributed by atoms with van der Waals surface area (Å²) in [5, 5.41) is 10.6. The first kappa shape index (κ1) is 90.9. The van der Waals surface area contributed by atoms with Crippen LogP contribution in [0.1, 0.15) is 259 Å². The lowest BCUT2D eigenvalue weighted by atomic mass is 10.1. The first-order chi connectivity index (χ1) is 46.7. The van der Waals surface area contributed by atoms with Crippen LogP contribution in [0.4, 0.5) is 0 Å². The molecule has 0 radical (unpaired) electrons. The monoisotopic (exact) mass is 1380 g/mol. The molecular formula is C77H126O17P2. The Morgan fingerprint density at radius 2 is 0.573 bits per heavy atom. The van der Waals surface area contributed by atoms with Gasteiger partial charge in [0.15, 0.2) is 12.2 Å². The summed E-state index contributed by atoms with van der Waals surface area (Å²) in [5.41, 5.74) is 0. The summed E-state index contributed by atoms with van der Waals surface area (Å²) in [6, 6.07) is 0. The third kappa shape index (κ3) is 67.5. The van der Waals surface area contributed by atoms with Crippen molar-refractivity contribution in [3.63, 3.8) is 0 Å². The highest BCUT2D eigenvalue weighted by Crippen LogP contribution is 2.45. The van der Waals surface area contributed by atoms with Crippen LogP contribution in [0.15, 0.2) is 146 Å². The van der Waals surface area contributed by atoms with Crippen LogP contribution in [0.5, 0.6) is 0 Å². The molecule has 0 heterocycles. The van der Waals surface area contributed by atoms with Crippen LogP contribution >= 0.6 is 15.6 Å². The van der Waals surface area contributed by atoms with Crippen LogP contribution in [0.2, 0.25) is 0 Å². The van der Waals surface area contributed by atoms with Gasteiger partial charge in [-0.3, -0.25) is 37.3 Å². The van der Waals surface area contributed by atoms with E-state index in [1.807, 2.05) is 12.2 Å². The second-order valence-corrected chi connectivity index (χ2v) is 26.3. The van der Waals surface area contributed by atoms with Gasteiger partial charge in [0, 0.05) is 25.7 Å². The average molecular weight is 1390 g/mol. The van der Waals surface area contributed by atoms with Crippen LogP contribution in [0.25, 0.3) is 0 Å². The van der Waals surface area contributed by atoms with Crippen LogP contribution in [-0.4, -0.2) is 96.7 Å². The molecule has 5 atom stereocenters. The minimum atomic E-state index is -4.99. The second kappa shape index (κ2) is 68.5. The molecule has 0 saturated carbocycles. The van der Waals surface area contributed by atoms with Gasteiger partial charge >= 0.3 is 39.5 Å². The number of ether oxygens (including phenoxy) is 4. The number of esters is 4. The van der Waals surface area contributed by atoms with E-state index in [9.17, 15) is 43.2 Å². The van der Waals surface area contributed by atoms with Crippen LogP contribution in [-0.2, 0) is 65.4 Å². The minimum Gasteiger partial charge on any atom is -0.462 e. The molecule has 0 aromatic carbocycles. The summed E-state index contributed by atoms with van der Waals surface area (Å²) in [6.45, 7) is 4.36. The summed E-state index contributed by atoms with van der Waals surface area (Å²) in [4.78, 5) is 72.6. The van der Waals surface area contributed by atoms with E-state index in [4.69, 9.17) is 37.0 Å². The molecule has 3 N–H and O–H groups in total. The Balaban J connectivity index is 5.42. The Morgan fingerprint density at radius 3 is 0.948 bits per heavy atom. The van der Waals surface area contributed by atoms with Crippen molar-refractivity contribution in [1.29, 1.82) is 0 Å². The number of rotatable bonds is 66. The second-order valence-electron chi connectivity index (χ2n) is 23.4. The summed E-state index contributed by atoms with van der Waals surface area (Å²) in [6.07, 6.45) is 75.9. The number of aliphatic hydroxyl groups is 1. The number of hydrogen-bond acceptors (Lipinski definition) is 15. The highest BCUT2D eigenvalue weighted by Gasteiger charge is 2.30. The SMILES string of the molecule is CC/C=C\C/C=C\C/C=C\C/C=C\C/C=C\CCCC(=O)OCC(COP(=O)(O)OCC(O)COP(=O)(O)OCC(COC(=O)CCCC/C=C\C/C=C\C/C=C\C/C=C\CC)OC(=O)CCCCCCC/C=C\C/C=C\CCC)OC(=O)CCCCCCC/C=C\CCCC. The number of hydrogen-bond donors (Lipinski definition) is 3. The predicted octanol–water partition coefficient (Wildman–Crippen LogP) is 20.3. The number of carbonyl (C=O) groups is 4. The molecule has 0 rings (SSSR count). The third-order valence-corrected chi connectivity index (χ3v) is 16.2. The largest absolute Gasteiger partial charge is 0.472 e. The Morgan fingerprint density at radius 1 is 0.302 bits per heavy atom. The van der Waals surface area contributed by atoms with Gasteiger partial charge in [-0.15, -0.1) is 0 Å². The molecule has 0 spiro atoms. The van der Waals surface area contributed by atoms with Crippen LogP contribution < -0.4 is 0 Å². The molecule has 0 aliphatic rings. The highest BCUT2D eigenvalue weighted by molar-refractivity contribution is 7.47. The molecule has 0 fully saturated rings. The van der Waals surface area contributed by atoms with Crippen molar-refractivity contribution in [3.8, 4) is 0 Å². The lowest BCUT2D eigenvalue weighted by molar-refractivity contribution is -0.161. The lowest BCUT2D eigenvalue weighted by Crippen LogP contribution is -2.30. The summed E-state index contributed by atoms with van der Waals surface area (Å²) < 4.78 is 68.2. The number of unbranched alkanes of at least 4 members (excludes halogenated alkanes) is 16. The predicted molar refractivity (Wildman–Crippen MR) is 390 cm³/mol. The molecule has 96 heavy (non-hydrogen) atoms. The minimum absolute atomic E-state index is 0.0639. The van der Waals surface area contributed by atoms with Crippen molar-refractivity contribution in [2.45, 2.75) is 277 Å². The van der Waals surface area contributed by atoms with E-state index < -0.39 is 97.5 Å². The fourth-order valence-corrected chi connectivity index (χ4v) is 10.4. The zero-order valence-electron chi connectivity index (χ0n) is 59.2. The molecule has 19 heteroatoms. The molecule has 0 aliphatic heterocycles. The van der Waals surface area contributed by atoms with E-state index >= 15 is 0 Å². The average Bonchev–Trinajstić information content (AvgIpc) is 1.13. The van der Waals surface area contributed by atoms with E-state index in [2.05, 4.69) is 161 Å². The van der Waals surface area contributed by atoms with Gasteiger partial charge in [-0.2, -0.15) is 0 Å². The van der Waals surface area contributed by atoms with Crippen molar-refractivity contribution in [2.75, 3.05) is 39.6 Å². The Hall–Kier alpha value is -5.06. The number of aliphatic hydroxyl groups excluding tert-OH is 1. The smallest absolute Gasteiger partial charge is 0.462 e. The van der Waals surface area contributed by atoms with E-state index in [1.165, 1.54) is 12.8 Å². The molecule has 546 valence electrons. The fourth-order valence-electron chi connectivity index (χ4n) is 8.79. The van der Waals surface area contributed by atoms with Crippen LogP contribution in [0, 0.1) is 0 Å². The molecule has 0 aliphatic carbocycles. The zero-order chi connectivity index (χ0) is 70.4. The van der Waals surface area contributed by atoms with Crippen molar-refractivity contribution < 1.29 is 80.2 Å². The lowest BCUT2D eigenvalue weighted by Gasteiger charge is -2.21. The maximum atomic E-state index is 13.0. The van der Waals surface area contributed by atoms with E-state index in [-0.39, 0.29) is 25.7 Å². The van der Waals surface area contributed by atoms with Gasteiger partial charge in [0.2, 0.25) is 0 Å². The Labute approximate surface area is 579 Å². The number of carbonyl (C=O) groups excluding carboxylic acids is 4. The first-order valence-electron chi connectivity index (χ1n) is 36.1. The van der Waals surface area contributed by atoms with Gasteiger partial charge in [-0.05, 0) is 148 Å². The molecule has 5 unspecified atom stereocenters. The Bertz CT molecular complexity index is 2400. The molecular weight excluding hydrogens is 1260 g/mol. The quantitative estimate of drug-likeness (QED) is 0.0169. The first-order valence-corrected chi connectivity index (χ1v) is 39.1. The van der Waals surface area contributed by atoms with Gasteiger partial charge in [-0.25, -0.2) is 9.13 Å². The molecule has 0 bridgehead atoms. The molecule has 0 saturated heterocycles. The molecule has 0 amide bonds. The van der Waals surface area contributed by atoms with Gasteiger partial charge in [0.25, 0.3) is 0 Å². The van der Waals surface area contributed by atoms with E-state index in [1.54, 1.807) is 0 Å². The summed E-state index contributed by atoms with van der Waals surface area (Å²) >= 11 is 0. The van der Waals surface area contributed by atoms with Crippen molar-refractivity contribution in [3.05, 3.63) is 146 Å². The van der Waals surface area contributed by atoms with Gasteiger partial charge in [-0.1, -0.05) is 231 Å². The van der Waals surface area contributed by atoms with Crippen molar-refractivity contribution >= 4 is 39.5 Å². The standard InChI is InChI=1S/C77H126O17P2/c1-5-9-13-17-21-25-29-32-34-35-37-40-43-46-50-54-58-62-75(80)87-67-72(93-76(81)63-59-55-51-47-41-28-24-20-16-12-8-4)69-91-95(83,84)89-65-71(78)66-90-96(85,86)92-70-73(94-77(82)64-60-56-52-48-44-38-31-27-23-19-15-11-7-3)68-88-74(79)61-57-53-49-45-42-39-36-33-30-26-22-18-14-10-6-2/h9-10,13-15,19-22,24-27,31-34,36-37,40,42,45-46,50,71-73,78H,5-8,11-12,16-18,23,28-30,35,38-39,41,43-44,47-49,51-70H2,1-4H3,(H,83,84)(H,85,86)/b13-9-,14-10-,19-15-,24-20-,25-21-,26-22-,31-27-,34-32-,36-33-,40-37-,45-42-,50-46-. The van der Waals surface area contributed by atoms with E-state index in [0.717, 1.165) is 161 Å². The maximum absolute atomic E-state index is 13.0. The highest BCUT2D eigenvalue weighted by atomic mass is 31.2. The molecule has 0 aromatic rings. The van der Waals surface area contributed by atoms with Gasteiger partial charge in [0.1, 0.15) is 19.3 Å². The third-order valence-electron chi connectivity index (χ3n) is 14.2. The zero-order valence-corrected chi connectivity index (χ0v) is 61.0. The fraction of sp³-hybridized carbons (Fsp3) is 0.636. The number of allylic oxidation sites excluding steroid dienone is 24. The number of phosphoric ester groups is 2. The van der Waals surface area contributed by atoms with E-state index in [0.29, 0.717) is 32.1 Å².